The topological polar surface area (TPSA) is 92.6 Å². The van der Waals surface area contributed by atoms with Gasteiger partial charge < -0.3 is 5.32 Å². The van der Waals surface area contributed by atoms with E-state index < -0.39 is 53.4 Å². The van der Waals surface area contributed by atoms with Crippen LogP contribution in [0.1, 0.15) is 18.2 Å². The number of nitrogens with zero attached hydrogens (tertiary/aromatic N) is 4. The van der Waals surface area contributed by atoms with E-state index in [9.17, 15) is 35.1 Å². The number of rotatable bonds is 2. The largest absolute Gasteiger partial charge is 0.435 e. The number of aliphatic imine (C=N–C) groups is 2. The van der Waals surface area contributed by atoms with Crippen LogP contribution < -0.4 is 16.4 Å². The van der Waals surface area contributed by atoms with Crippen LogP contribution in [0.2, 0.25) is 0 Å². The van der Waals surface area contributed by atoms with Crippen molar-refractivity contribution >= 4 is 11.9 Å². The lowest BCUT2D eigenvalue weighted by Crippen LogP contribution is -2.62. The molecule has 0 bridgehead atoms. The average Bonchev–Trinajstić information content (AvgIpc) is 3.10. The minimum absolute atomic E-state index is 0.375. The van der Waals surface area contributed by atoms with Crippen molar-refractivity contribution in [2.45, 2.75) is 31.1 Å². The predicted octanol–water partition coefficient (Wildman–Crippen LogP) is 2.65. The Morgan fingerprint density at radius 3 is 2.23 bits per heavy atom. The SMILES string of the molecule is CC(N=C1NC(n2ccc(C(F)(F)F)n2)=NC(N)(c2cc(F)cc(F)c2)N1)C(F)(F)F. The molecule has 1 aromatic heterocycles. The lowest BCUT2D eigenvalue weighted by atomic mass is 10.1. The quantitative estimate of drug-likeness (QED) is 0.608. The monoisotopic (exact) mass is 455 g/mol. The zero-order valence-electron chi connectivity index (χ0n) is 15.4. The number of hydrogen-bond donors (Lipinski definition) is 3. The van der Waals surface area contributed by atoms with E-state index in [1.165, 1.54) is 0 Å². The maximum Gasteiger partial charge on any atom is 0.435 e. The van der Waals surface area contributed by atoms with Crippen molar-refractivity contribution in [3.8, 4) is 0 Å². The van der Waals surface area contributed by atoms with Gasteiger partial charge in [0.25, 0.3) is 0 Å². The molecule has 1 aromatic carbocycles. The number of alkyl halides is 6. The standard InChI is InChI=1S/C16H13F8N7/c1-7(14(19,20)21)26-12-27-13(31-3-2-11(30-31)15(22,23)24)29-16(25,28-12)8-4-9(17)6-10(18)5-8/h2-7H,25H2,1H3,(H2,26,27,28,29). The lowest BCUT2D eigenvalue weighted by Gasteiger charge is -2.34. The van der Waals surface area contributed by atoms with Crippen molar-refractivity contribution in [1.29, 1.82) is 0 Å². The Bertz CT molecular complexity index is 1020. The van der Waals surface area contributed by atoms with Gasteiger partial charge in [0.1, 0.15) is 17.7 Å². The summed E-state index contributed by atoms with van der Waals surface area (Å²) >= 11 is 0. The zero-order valence-corrected chi connectivity index (χ0v) is 15.4. The molecule has 0 saturated carbocycles. The van der Waals surface area contributed by atoms with Gasteiger partial charge in [0.15, 0.2) is 5.69 Å². The van der Waals surface area contributed by atoms with E-state index in [-0.39, 0.29) is 5.56 Å². The number of guanidine groups is 1. The highest BCUT2D eigenvalue weighted by atomic mass is 19.4. The first-order valence-corrected chi connectivity index (χ1v) is 8.36. The van der Waals surface area contributed by atoms with Crippen molar-refractivity contribution < 1.29 is 35.1 Å². The molecule has 4 N–H and O–H groups in total. The van der Waals surface area contributed by atoms with Crippen LogP contribution in [-0.2, 0) is 12.0 Å². The number of hydrogen-bond acceptors (Lipinski definition) is 4. The van der Waals surface area contributed by atoms with Crippen LogP contribution >= 0.6 is 0 Å². The first-order valence-electron chi connectivity index (χ1n) is 8.36. The molecule has 0 amide bonds. The average molecular weight is 455 g/mol. The number of aromatic nitrogens is 2. The van der Waals surface area contributed by atoms with Crippen LogP contribution in [0, 0.1) is 11.6 Å². The molecule has 0 aliphatic carbocycles. The van der Waals surface area contributed by atoms with E-state index in [1.54, 1.807) is 0 Å². The molecule has 0 radical (unpaired) electrons. The van der Waals surface area contributed by atoms with Crippen molar-refractivity contribution in [3.05, 3.63) is 53.4 Å². The maximum absolute atomic E-state index is 13.7. The highest BCUT2D eigenvalue weighted by Gasteiger charge is 2.40. The molecule has 0 fully saturated rings. The Labute approximate surface area is 168 Å². The summed E-state index contributed by atoms with van der Waals surface area (Å²) in [5.74, 6) is -5.67. The Hall–Kier alpha value is -3.23. The number of halogens is 8. The second-order valence-corrected chi connectivity index (χ2v) is 6.45. The molecule has 2 heterocycles. The highest BCUT2D eigenvalue weighted by Crippen LogP contribution is 2.28. The summed E-state index contributed by atoms with van der Waals surface area (Å²) in [5, 5.41) is 7.77. The molecule has 2 atom stereocenters. The van der Waals surface area contributed by atoms with Gasteiger partial charge in [-0.3, -0.25) is 11.1 Å². The Morgan fingerprint density at radius 2 is 1.71 bits per heavy atom. The minimum atomic E-state index is -4.81. The zero-order chi connectivity index (χ0) is 23.2. The van der Waals surface area contributed by atoms with E-state index in [4.69, 9.17) is 5.73 Å². The summed E-state index contributed by atoms with van der Waals surface area (Å²) in [6, 6.07) is 0.331. The van der Waals surface area contributed by atoms with Crippen LogP contribution in [0.25, 0.3) is 0 Å². The molecule has 2 unspecified atom stereocenters. The molecule has 0 saturated heterocycles. The number of nitrogens with one attached hydrogen (secondary N) is 2. The van der Waals surface area contributed by atoms with Crippen LogP contribution in [0.4, 0.5) is 35.1 Å². The second-order valence-electron chi connectivity index (χ2n) is 6.45. The number of nitrogens with two attached hydrogens (primary N) is 1. The molecular weight excluding hydrogens is 442 g/mol. The number of benzene rings is 1. The first-order chi connectivity index (χ1) is 14.2. The van der Waals surface area contributed by atoms with Crippen LogP contribution in [0.5, 0.6) is 0 Å². The lowest BCUT2D eigenvalue weighted by molar-refractivity contribution is -0.143. The first kappa shape index (κ1) is 22.5. The van der Waals surface area contributed by atoms with Gasteiger partial charge in [0.2, 0.25) is 17.7 Å². The third-order valence-electron chi connectivity index (χ3n) is 4.02. The minimum Gasteiger partial charge on any atom is -0.315 e. The van der Waals surface area contributed by atoms with Crippen molar-refractivity contribution in [2.75, 3.05) is 0 Å². The van der Waals surface area contributed by atoms with Gasteiger partial charge in [-0.05, 0) is 25.1 Å². The van der Waals surface area contributed by atoms with Gasteiger partial charge in [-0.15, -0.1) is 0 Å². The molecule has 15 heteroatoms. The van der Waals surface area contributed by atoms with E-state index in [0.717, 1.165) is 18.3 Å². The summed E-state index contributed by atoms with van der Waals surface area (Å²) in [6.45, 7) is 0.706. The Morgan fingerprint density at radius 1 is 1.10 bits per heavy atom. The van der Waals surface area contributed by atoms with Gasteiger partial charge in [-0.1, -0.05) is 0 Å². The fourth-order valence-electron chi connectivity index (χ4n) is 2.48. The summed E-state index contributed by atoms with van der Waals surface area (Å²) in [4.78, 5) is 7.22. The second kappa shape index (κ2) is 7.47. The molecule has 7 nitrogen and oxygen atoms in total. The van der Waals surface area contributed by atoms with Crippen molar-refractivity contribution in [3.63, 3.8) is 0 Å². The van der Waals surface area contributed by atoms with Crippen LogP contribution in [-0.4, -0.2) is 33.9 Å². The van der Waals surface area contributed by atoms with Crippen molar-refractivity contribution in [2.24, 2.45) is 15.7 Å². The van der Waals surface area contributed by atoms with Crippen molar-refractivity contribution in [1.82, 2.24) is 20.4 Å². The maximum atomic E-state index is 13.7. The van der Waals surface area contributed by atoms with Gasteiger partial charge in [-0.25, -0.2) is 23.4 Å². The van der Waals surface area contributed by atoms with E-state index >= 15 is 0 Å². The fourth-order valence-corrected chi connectivity index (χ4v) is 2.48. The molecule has 168 valence electrons. The summed E-state index contributed by atoms with van der Waals surface area (Å²) < 4.78 is 105. The molecule has 3 rings (SSSR count). The third kappa shape index (κ3) is 4.92. The molecule has 0 spiro atoms. The normalized spacial score (nSPS) is 22.0. The molecular formula is C16H13F8N7. The summed E-state index contributed by atoms with van der Waals surface area (Å²) in [5.41, 5.74) is 4.32. The highest BCUT2D eigenvalue weighted by molar-refractivity contribution is 6.01. The van der Waals surface area contributed by atoms with E-state index in [2.05, 4.69) is 25.7 Å². The Kier molecular flexibility index (Phi) is 5.41. The van der Waals surface area contributed by atoms with Gasteiger partial charge in [-0.2, -0.15) is 31.4 Å². The molecule has 2 aromatic rings. The third-order valence-corrected chi connectivity index (χ3v) is 4.02. The van der Waals surface area contributed by atoms with Gasteiger partial charge in [0, 0.05) is 17.8 Å². The van der Waals surface area contributed by atoms with E-state index in [1.807, 2.05) is 0 Å². The van der Waals surface area contributed by atoms with Crippen LogP contribution in [0.3, 0.4) is 0 Å². The molecule has 31 heavy (non-hydrogen) atoms. The Balaban J connectivity index is 2.11. The molecule has 1 aliphatic rings. The summed E-state index contributed by atoms with van der Waals surface area (Å²) in [6.07, 6.45) is -8.76. The predicted molar refractivity (Wildman–Crippen MR) is 91.5 cm³/mol. The van der Waals surface area contributed by atoms with E-state index in [0.29, 0.717) is 23.7 Å². The van der Waals surface area contributed by atoms with Gasteiger partial charge in [0.05, 0.1) is 0 Å². The fraction of sp³-hybridized carbons (Fsp3) is 0.312. The van der Waals surface area contributed by atoms with Gasteiger partial charge >= 0.3 is 12.4 Å². The molecule has 1 aliphatic heterocycles. The summed E-state index contributed by atoms with van der Waals surface area (Å²) in [7, 11) is 0. The smallest absolute Gasteiger partial charge is 0.315 e. The van der Waals surface area contributed by atoms with Crippen LogP contribution in [0.15, 0.2) is 40.4 Å².